The van der Waals surface area contributed by atoms with Gasteiger partial charge in [0.15, 0.2) is 17.6 Å². The molecule has 14 nitrogen and oxygen atoms in total. The Balaban J connectivity index is 1.56. The van der Waals surface area contributed by atoms with Gasteiger partial charge in [-0.15, -0.1) is 0 Å². The van der Waals surface area contributed by atoms with E-state index in [9.17, 15) is 34.2 Å². The summed E-state index contributed by atoms with van der Waals surface area (Å²) in [5.74, 6) is -4.94. The number of esters is 3. The van der Waals surface area contributed by atoms with Gasteiger partial charge in [-0.2, -0.15) is 0 Å². The van der Waals surface area contributed by atoms with Gasteiger partial charge in [-0.1, -0.05) is 6.07 Å². The largest absolute Gasteiger partial charge is 0.514 e. The van der Waals surface area contributed by atoms with Crippen LogP contribution in [-0.4, -0.2) is 94.3 Å². The average molecular weight is 618 g/mol. The van der Waals surface area contributed by atoms with Crippen LogP contribution in [0.5, 0.6) is 11.5 Å². The van der Waals surface area contributed by atoms with Crippen molar-refractivity contribution in [1.82, 2.24) is 4.90 Å². The summed E-state index contributed by atoms with van der Waals surface area (Å²) in [6, 6.07) is 3.05. The maximum Gasteiger partial charge on any atom is 0.514 e. The highest BCUT2D eigenvalue weighted by molar-refractivity contribution is 5.88. The fourth-order valence-electron chi connectivity index (χ4n) is 6.88. The zero-order chi connectivity index (χ0) is 32.4. The van der Waals surface area contributed by atoms with Gasteiger partial charge >= 0.3 is 30.0 Å². The minimum absolute atomic E-state index is 0.0328. The van der Waals surface area contributed by atoms with E-state index in [1.54, 1.807) is 32.9 Å². The van der Waals surface area contributed by atoms with E-state index in [1.165, 1.54) is 6.08 Å². The van der Waals surface area contributed by atoms with Gasteiger partial charge in [0, 0.05) is 31.9 Å². The predicted octanol–water partition coefficient (Wildman–Crippen LogP) is 1.77. The number of hydrogen-bond donors (Lipinski definition) is 2. The fourth-order valence-corrected chi connectivity index (χ4v) is 6.88. The van der Waals surface area contributed by atoms with Gasteiger partial charge in [0.1, 0.15) is 11.4 Å². The molecule has 0 amide bonds. The van der Waals surface area contributed by atoms with Crippen molar-refractivity contribution in [3.8, 4) is 11.5 Å². The third-order valence-corrected chi connectivity index (χ3v) is 8.48. The van der Waals surface area contributed by atoms with E-state index >= 15 is 0 Å². The highest BCUT2D eigenvalue weighted by Crippen LogP contribution is 2.65. The number of likely N-dealkylation sites (tertiary alicyclic amines) is 1. The van der Waals surface area contributed by atoms with Crippen LogP contribution in [0.15, 0.2) is 24.0 Å². The summed E-state index contributed by atoms with van der Waals surface area (Å²) in [4.78, 5) is 63.4. The smallest absolute Gasteiger partial charge is 0.478 e. The lowest BCUT2D eigenvalue weighted by Crippen LogP contribution is -2.74. The number of ether oxygens (including phenoxy) is 6. The van der Waals surface area contributed by atoms with Crippen LogP contribution >= 0.6 is 0 Å². The zero-order valence-electron chi connectivity index (χ0n) is 25.2. The first kappa shape index (κ1) is 31.3. The Labute approximate surface area is 252 Å². The number of carbonyl (C=O) groups excluding carboxylic acids is 4. The molecule has 4 aliphatic rings. The summed E-state index contributed by atoms with van der Waals surface area (Å²) >= 11 is 0. The normalized spacial score (nSPS) is 27.8. The molecule has 2 aliphatic heterocycles. The molecule has 1 spiro atoms. The highest BCUT2D eigenvalue weighted by atomic mass is 16.7. The van der Waals surface area contributed by atoms with E-state index in [1.807, 2.05) is 7.05 Å². The molecule has 0 unspecified atom stereocenters. The van der Waals surface area contributed by atoms with Gasteiger partial charge in [-0.25, -0.2) is 14.4 Å². The molecule has 2 N–H and O–H groups in total. The van der Waals surface area contributed by atoms with E-state index in [2.05, 4.69) is 4.90 Å². The minimum Gasteiger partial charge on any atom is -0.478 e. The molecule has 5 rings (SSSR count). The van der Waals surface area contributed by atoms with Crippen molar-refractivity contribution >= 4 is 30.0 Å². The van der Waals surface area contributed by atoms with Gasteiger partial charge in [0.25, 0.3) is 0 Å². The zero-order valence-corrected chi connectivity index (χ0v) is 25.2. The van der Waals surface area contributed by atoms with Crippen molar-refractivity contribution in [3.05, 3.63) is 35.1 Å². The summed E-state index contributed by atoms with van der Waals surface area (Å²) in [5, 5.41) is 22.0. The van der Waals surface area contributed by atoms with Gasteiger partial charge < -0.3 is 43.5 Å². The molecule has 0 saturated carbocycles. The molecule has 44 heavy (non-hydrogen) atoms. The number of nitrogens with zero attached hydrogens (tertiary/aromatic N) is 1. The molecular formula is C30H35NO13. The Bertz CT molecular complexity index is 1460. The number of carbonyl (C=O) groups is 5. The van der Waals surface area contributed by atoms with Crippen LogP contribution in [0.25, 0.3) is 0 Å². The number of carboxylic acid groups (broad SMARTS) is 1. The molecule has 1 saturated heterocycles. The molecule has 0 radical (unpaired) electrons. The summed E-state index contributed by atoms with van der Waals surface area (Å²) in [6.45, 7) is 7.51. The van der Waals surface area contributed by atoms with Gasteiger partial charge in [-0.05, 0) is 64.9 Å². The standard InChI is InChI=1S/C30H35NO13/c1-14(32)39-22(25(34)35)23(40-15(2)33)26(36)41-18-9-10-30(38)19-13-16-7-8-17(42-27(37)44-28(3,4)5)21-20(16)29(30,24(18)43-21)11-12-31(19)6/h7-9,19,22-24,38H,10-13H2,1-6H3,(H,34,35)/t19-,22-,23-,24+,29+,30-/m1/s1. The molecule has 2 bridgehead atoms. The summed E-state index contributed by atoms with van der Waals surface area (Å²) in [6.07, 6.45) is -4.06. The first-order chi connectivity index (χ1) is 20.5. The Morgan fingerprint density at radius 3 is 2.32 bits per heavy atom. The lowest BCUT2D eigenvalue weighted by molar-refractivity contribution is -0.190. The summed E-state index contributed by atoms with van der Waals surface area (Å²) < 4.78 is 32.7. The van der Waals surface area contributed by atoms with Crippen molar-refractivity contribution in [2.75, 3.05) is 13.6 Å². The van der Waals surface area contributed by atoms with Gasteiger partial charge in [-0.3, -0.25) is 9.59 Å². The molecule has 1 aromatic carbocycles. The molecule has 14 heteroatoms. The van der Waals surface area contributed by atoms with E-state index in [0.717, 1.165) is 19.4 Å². The third kappa shape index (κ3) is 5.05. The van der Waals surface area contributed by atoms with E-state index in [-0.39, 0.29) is 29.7 Å². The summed E-state index contributed by atoms with van der Waals surface area (Å²) in [7, 11) is 1.91. The van der Waals surface area contributed by atoms with Crippen LogP contribution in [-0.2, 0) is 50.0 Å². The van der Waals surface area contributed by atoms with Crippen molar-refractivity contribution < 1.29 is 62.6 Å². The van der Waals surface area contributed by atoms with E-state index in [4.69, 9.17) is 28.4 Å². The molecular weight excluding hydrogens is 582 g/mol. The van der Waals surface area contributed by atoms with E-state index in [0.29, 0.717) is 24.9 Å². The average Bonchev–Trinajstić information content (AvgIpc) is 3.25. The van der Waals surface area contributed by atoms with Gasteiger partial charge in [0.2, 0.25) is 12.2 Å². The van der Waals surface area contributed by atoms with Crippen molar-refractivity contribution in [1.29, 1.82) is 0 Å². The molecule has 1 fully saturated rings. The quantitative estimate of drug-likeness (QED) is 0.256. The molecule has 0 aromatic heterocycles. The fraction of sp³-hybridized carbons (Fsp3) is 0.567. The third-order valence-electron chi connectivity index (χ3n) is 8.48. The van der Waals surface area contributed by atoms with Crippen molar-refractivity contribution in [2.24, 2.45) is 0 Å². The van der Waals surface area contributed by atoms with Crippen LogP contribution in [0.1, 0.15) is 58.6 Å². The monoisotopic (exact) mass is 617 g/mol. The topological polar surface area (TPSA) is 184 Å². The highest BCUT2D eigenvalue weighted by Gasteiger charge is 2.72. The van der Waals surface area contributed by atoms with Crippen LogP contribution < -0.4 is 9.47 Å². The van der Waals surface area contributed by atoms with Crippen molar-refractivity contribution in [3.63, 3.8) is 0 Å². The number of likely N-dealkylation sites (N-methyl/N-ethyl adjacent to an activating group) is 1. The SMILES string of the molecule is CC(=O)O[C@@H](C(=O)O)[C@@H](OC(C)=O)C(=O)OC1=CC[C@@]2(O)[C@H]3Cc4ccc(OC(=O)OC(C)(C)C)c5c4[C@@]2(CCN3C)[C@H]1O5. The number of aliphatic hydroxyl groups is 1. The molecule has 238 valence electrons. The first-order valence-corrected chi connectivity index (χ1v) is 14.1. The minimum atomic E-state index is -2.19. The van der Waals surface area contributed by atoms with Crippen LogP contribution in [0, 0.1) is 0 Å². The lowest BCUT2D eigenvalue weighted by Gasteiger charge is -2.61. The second-order valence-electron chi connectivity index (χ2n) is 12.5. The molecule has 6 atom stereocenters. The van der Waals surface area contributed by atoms with Gasteiger partial charge in [0.05, 0.1) is 11.0 Å². The Hall–Kier alpha value is -4.17. The number of rotatable bonds is 7. The maximum atomic E-state index is 13.4. The number of benzene rings is 1. The Morgan fingerprint density at radius 1 is 1.05 bits per heavy atom. The molecule has 1 aromatic rings. The molecule has 2 aliphatic carbocycles. The second-order valence-corrected chi connectivity index (χ2v) is 12.5. The van der Waals surface area contributed by atoms with Crippen LogP contribution in [0.2, 0.25) is 0 Å². The van der Waals surface area contributed by atoms with E-state index < -0.39 is 65.0 Å². The summed E-state index contributed by atoms with van der Waals surface area (Å²) in [5.41, 5.74) is -1.89. The maximum absolute atomic E-state index is 13.4. The lowest BCUT2D eigenvalue weighted by atomic mass is 9.50. The second kappa shape index (κ2) is 10.8. The Kier molecular flexibility index (Phi) is 7.65. The van der Waals surface area contributed by atoms with Crippen molar-refractivity contribution in [2.45, 2.75) is 94.9 Å². The Morgan fingerprint density at radius 2 is 1.70 bits per heavy atom. The number of aliphatic carboxylic acids is 1. The van der Waals surface area contributed by atoms with Crippen LogP contribution in [0.3, 0.4) is 0 Å². The predicted molar refractivity (Wildman–Crippen MR) is 147 cm³/mol. The first-order valence-electron chi connectivity index (χ1n) is 14.1. The van der Waals surface area contributed by atoms with Crippen LogP contribution in [0.4, 0.5) is 4.79 Å². The molecule has 2 heterocycles. The number of carboxylic acids is 1. The number of piperidine rings is 1. The number of hydrogen-bond acceptors (Lipinski definition) is 13.